The number of carbonyl (C=O) groups excluding carboxylic acids is 2. The number of allylic oxidation sites excluding steroid dienone is 1. The first kappa shape index (κ1) is 13.0. The third kappa shape index (κ3) is 4.64. The molecule has 2 nitrogen and oxygen atoms in total. The van der Waals surface area contributed by atoms with E-state index in [1.165, 1.54) is 6.08 Å². The van der Waals surface area contributed by atoms with Crippen LogP contribution in [0.15, 0.2) is 30.3 Å². The minimum atomic E-state index is -0.186. The number of halogens is 1. The molecular weight excluding hydrogens is 244 g/mol. The minimum absolute atomic E-state index is 0.0503. The molecule has 0 fully saturated rings. The lowest BCUT2D eigenvalue weighted by Gasteiger charge is -1.94. The van der Waals surface area contributed by atoms with Crippen LogP contribution in [-0.2, 0) is 9.59 Å². The summed E-state index contributed by atoms with van der Waals surface area (Å²) in [5.41, 5.74) is 0.884. The van der Waals surface area contributed by atoms with Crippen molar-refractivity contribution < 1.29 is 9.59 Å². The van der Waals surface area contributed by atoms with E-state index in [1.807, 2.05) is 12.1 Å². The summed E-state index contributed by atoms with van der Waals surface area (Å²) in [7, 11) is 0. The van der Waals surface area contributed by atoms with Crippen LogP contribution in [0.25, 0.3) is 6.08 Å². The fourth-order valence-corrected chi connectivity index (χ4v) is 1.45. The van der Waals surface area contributed by atoms with Crippen molar-refractivity contribution in [2.24, 2.45) is 0 Å². The van der Waals surface area contributed by atoms with Crippen LogP contribution in [0.1, 0.15) is 12.0 Å². The van der Waals surface area contributed by atoms with Crippen molar-refractivity contribution in [1.82, 2.24) is 0 Å². The molecule has 1 aromatic rings. The molecule has 84 valence electrons. The Morgan fingerprint density at radius 2 is 1.94 bits per heavy atom. The Labute approximate surface area is 104 Å². The van der Waals surface area contributed by atoms with Gasteiger partial charge in [-0.25, -0.2) is 0 Å². The second-order valence-electron chi connectivity index (χ2n) is 3.10. The van der Waals surface area contributed by atoms with E-state index in [0.717, 1.165) is 17.3 Å². The number of ketones is 1. The highest BCUT2D eigenvalue weighted by atomic mass is 35.5. The first-order chi connectivity index (χ1) is 7.61. The number of hydrogen-bond acceptors (Lipinski definition) is 3. The number of carbonyl (C=O) groups is 2. The van der Waals surface area contributed by atoms with E-state index in [1.54, 1.807) is 24.5 Å². The van der Waals surface area contributed by atoms with Crippen LogP contribution in [0.4, 0.5) is 0 Å². The number of rotatable bonds is 4. The van der Waals surface area contributed by atoms with E-state index in [-0.39, 0.29) is 17.3 Å². The van der Waals surface area contributed by atoms with Crippen molar-refractivity contribution in [3.63, 3.8) is 0 Å². The van der Waals surface area contributed by atoms with Gasteiger partial charge in [0.1, 0.15) is 0 Å². The molecule has 0 radical (unpaired) electrons. The monoisotopic (exact) mass is 254 g/mol. The van der Waals surface area contributed by atoms with E-state index in [4.69, 9.17) is 11.6 Å². The smallest absolute Gasteiger partial charge is 0.196 e. The van der Waals surface area contributed by atoms with Crippen LogP contribution >= 0.6 is 23.4 Å². The normalized spacial score (nSPS) is 10.6. The SMILES string of the molecule is CSC(=O)CC(=O)/C=C/c1ccc(Cl)cc1. The van der Waals surface area contributed by atoms with Crippen LogP contribution in [0, 0.1) is 0 Å². The van der Waals surface area contributed by atoms with Gasteiger partial charge in [-0.15, -0.1) is 0 Å². The molecule has 0 atom stereocenters. The van der Waals surface area contributed by atoms with Crippen molar-refractivity contribution in [1.29, 1.82) is 0 Å². The molecule has 0 bridgehead atoms. The third-order valence-corrected chi connectivity index (χ3v) is 2.73. The average molecular weight is 255 g/mol. The summed E-state index contributed by atoms with van der Waals surface area (Å²) in [6.07, 6.45) is 4.70. The van der Waals surface area contributed by atoms with Crippen LogP contribution in [0.5, 0.6) is 0 Å². The number of benzene rings is 1. The highest BCUT2D eigenvalue weighted by Gasteiger charge is 2.04. The second-order valence-corrected chi connectivity index (χ2v) is 4.40. The van der Waals surface area contributed by atoms with Gasteiger partial charge in [-0.05, 0) is 30.0 Å². The minimum Gasteiger partial charge on any atom is -0.294 e. The van der Waals surface area contributed by atoms with Gasteiger partial charge < -0.3 is 0 Å². The van der Waals surface area contributed by atoms with Crippen LogP contribution in [0.3, 0.4) is 0 Å². The Bertz CT molecular complexity index is 410. The molecule has 0 aliphatic carbocycles. The van der Waals surface area contributed by atoms with E-state index in [0.29, 0.717) is 5.02 Å². The molecule has 0 aliphatic heterocycles. The van der Waals surface area contributed by atoms with Crippen molar-refractivity contribution >= 4 is 40.3 Å². The molecule has 1 aromatic carbocycles. The summed E-state index contributed by atoms with van der Waals surface area (Å²) in [5.74, 6) is -0.186. The molecule has 0 unspecified atom stereocenters. The van der Waals surface area contributed by atoms with Crippen molar-refractivity contribution in [3.05, 3.63) is 40.9 Å². The second kappa shape index (κ2) is 6.51. The topological polar surface area (TPSA) is 34.1 Å². The lowest BCUT2D eigenvalue weighted by Crippen LogP contribution is -2.00. The van der Waals surface area contributed by atoms with Gasteiger partial charge in [-0.1, -0.05) is 41.6 Å². The van der Waals surface area contributed by atoms with Crippen LogP contribution in [-0.4, -0.2) is 17.2 Å². The Hall–Kier alpha value is -1.06. The number of thioether (sulfide) groups is 1. The first-order valence-corrected chi connectivity index (χ1v) is 6.25. The van der Waals surface area contributed by atoms with Gasteiger partial charge in [-0.2, -0.15) is 0 Å². The number of hydrogen-bond donors (Lipinski definition) is 0. The van der Waals surface area contributed by atoms with E-state index >= 15 is 0 Å². The zero-order valence-corrected chi connectivity index (χ0v) is 10.3. The van der Waals surface area contributed by atoms with Gasteiger partial charge in [0.2, 0.25) is 0 Å². The predicted molar refractivity (Wildman–Crippen MR) is 68.6 cm³/mol. The molecule has 0 N–H and O–H groups in total. The fraction of sp³-hybridized carbons (Fsp3) is 0.167. The molecule has 0 amide bonds. The standard InChI is InChI=1S/C12H11ClO2S/c1-16-12(15)8-11(14)7-4-9-2-5-10(13)6-3-9/h2-7H,8H2,1H3/b7-4+. The van der Waals surface area contributed by atoms with Gasteiger partial charge in [0, 0.05) is 5.02 Å². The maximum absolute atomic E-state index is 11.3. The lowest BCUT2D eigenvalue weighted by atomic mass is 10.2. The third-order valence-electron chi connectivity index (χ3n) is 1.88. The Kier molecular flexibility index (Phi) is 5.29. The molecule has 0 aromatic heterocycles. The highest BCUT2D eigenvalue weighted by Crippen LogP contribution is 2.11. The summed E-state index contributed by atoms with van der Waals surface area (Å²) in [4.78, 5) is 22.3. The van der Waals surface area contributed by atoms with Gasteiger partial charge in [0.05, 0.1) is 6.42 Å². The molecule has 16 heavy (non-hydrogen) atoms. The average Bonchev–Trinajstić information content (AvgIpc) is 2.28. The molecule has 0 aliphatic rings. The van der Waals surface area contributed by atoms with Gasteiger partial charge >= 0.3 is 0 Å². The Morgan fingerprint density at radius 1 is 1.31 bits per heavy atom. The quantitative estimate of drug-likeness (QED) is 0.611. The molecular formula is C12H11ClO2S. The van der Waals surface area contributed by atoms with E-state index in [9.17, 15) is 9.59 Å². The molecule has 0 heterocycles. The summed E-state index contributed by atoms with van der Waals surface area (Å²) < 4.78 is 0. The summed E-state index contributed by atoms with van der Waals surface area (Å²) in [5, 5.41) is 0.534. The van der Waals surface area contributed by atoms with Gasteiger partial charge in [-0.3, -0.25) is 9.59 Å². The van der Waals surface area contributed by atoms with Crippen LogP contribution in [0.2, 0.25) is 5.02 Å². The highest BCUT2D eigenvalue weighted by molar-refractivity contribution is 8.13. The molecule has 0 saturated carbocycles. The largest absolute Gasteiger partial charge is 0.294 e. The predicted octanol–water partition coefficient (Wildman–Crippen LogP) is 3.20. The fourth-order valence-electron chi connectivity index (χ4n) is 1.04. The summed E-state index contributed by atoms with van der Waals surface area (Å²) in [6.45, 7) is 0. The first-order valence-electron chi connectivity index (χ1n) is 4.65. The van der Waals surface area contributed by atoms with Crippen LogP contribution < -0.4 is 0 Å². The zero-order chi connectivity index (χ0) is 12.0. The molecule has 0 saturated heterocycles. The van der Waals surface area contributed by atoms with Crippen molar-refractivity contribution in [3.8, 4) is 0 Å². The van der Waals surface area contributed by atoms with Crippen molar-refractivity contribution in [2.75, 3.05) is 6.26 Å². The molecule has 0 spiro atoms. The van der Waals surface area contributed by atoms with Gasteiger partial charge in [0.25, 0.3) is 0 Å². The lowest BCUT2D eigenvalue weighted by molar-refractivity contribution is -0.120. The van der Waals surface area contributed by atoms with E-state index in [2.05, 4.69) is 0 Å². The molecule has 4 heteroatoms. The van der Waals surface area contributed by atoms with E-state index < -0.39 is 0 Å². The van der Waals surface area contributed by atoms with Gasteiger partial charge in [0.15, 0.2) is 10.9 Å². The molecule has 1 rings (SSSR count). The maximum atomic E-state index is 11.3. The Balaban J connectivity index is 2.56. The zero-order valence-electron chi connectivity index (χ0n) is 8.77. The summed E-state index contributed by atoms with van der Waals surface area (Å²) >= 11 is 6.79. The maximum Gasteiger partial charge on any atom is 0.196 e. The Morgan fingerprint density at radius 3 is 2.50 bits per heavy atom. The van der Waals surface area contributed by atoms with Crippen molar-refractivity contribution in [2.45, 2.75) is 6.42 Å². The summed E-state index contributed by atoms with van der Waals surface area (Å²) in [6, 6.07) is 7.11.